The van der Waals surface area contributed by atoms with Crippen molar-refractivity contribution in [2.24, 2.45) is 0 Å². The maximum atomic E-state index is 13.2. The van der Waals surface area contributed by atoms with Gasteiger partial charge in [-0.15, -0.1) is 0 Å². The molecular weight excluding hydrogens is 458 g/mol. The third kappa shape index (κ3) is 4.95. The zero-order valence-electron chi connectivity index (χ0n) is 21.0. The minimum Gasteiger partial charge on any atom is -0.496 e. The van der Waals surface area contributed by atoms with Crippen LogP contribution < -0.4 is 15.4 Å². The van der Waals surface area contributed by atoms with E-state index in [1.54, 1.807) is 21.1 Å². The summed E-state index contributed by atoms with van der Waals surface area (Å²) in [6, 6.07) is 17.0. The molecule has 3 amide bonds. The first kappa shape index (κ1) is 25.0. The van der Waals surface area contributed by atoms with Crippen molar-refractivity contribution in [3.63, 3.8) is 0 Å². The molecule has 1 unspecified atom stereocenters. The van der Waals surface area contributed by atoms with Crippen LogP contribution in [-0.2, 0) is 24.3 Å². The van der Waals surface area contributed by atoms with Crippen molar-refractivity contribution >= 4 is 17.7 Å². The van der Waals surface area contributed by atoms with Gasteiger partial charge in [0.25, 0.3) is 11.8 Å². The molecule has 0 saturated heterocycles. The number of hydrogen-bond acceptors (Lipinski definition) is 5. The fourth-order valence-corrected chi connectivity index (χ4v) is 4.23. The van der Waals surface area contributed by atoms with Gasteiger partial charge in [0.1, 0.15) is 17.0 Å². The molecule has 36 heavy (non-hydrogen) atoms. The van der Waals surface area contributed by atoms with Gasteiger partial charge >= 0.3 is 0 Å². The van der Waals surface area contributed by atoms with Gasteiger partial charge in [0.05, 0.1) is 13.7 Å². The number of aryl methyl sites for hydroxylation is 1. The summed E-state index contributed by atoms with van der Waals surface area (Å²) in [4.78, 5) is 40.4. The van der Waals surface area contributed by atoms with E-state index in [9.17, 15) is 14.4 Å². The molecule has 1 aliphatic rings. The van der Waals surface area contributed by atoms with Gasteiger partial charge in [-0.05, 0) is 37.5 Å². The van der Waals surface area contributed by atoms with Gasteiger partial charge in [-0.3, -0.25) is 19.1 Å². The number of ether oxygens (including phenoxy) is 1. The number of rotatable bonds is 8. The Kier molecular flexibility index (Phi) is 7.10. The number of likely N-dealkylation sites (N-methyl/N-ethyl adjacent to an activating group) is 1. The van der Waals surface area contributed by atoms with Gasteiger partial charge < -0.3 is 20.3 Å². The topological polar surface area (TPSA) is 106 Å². The molecular formula is C27H31N5O4. The Labute approximate surface area is 210 Å². The van der Waals surface area contributed by atoms with Crippen molar-refractivity contribution in [3.05, 3.63) is 82.7 Å². The molecule has 2 N–H and O–H groups in total. The number of amides is 3. The van der Waals surface area contributed by atoms with E-state index in [2.05, 4.69) is 15.7 Å². The molecule has 2 heterocycles. The Morgan fingerprint density at radius 2 is 1.83 bits per heavy atom. The number of carbonyl (C=O) groups excluding carboxylic acids is 3. The zero-order chi connectivity index (χ0) is 25.9. The van der Waals surface area contributed by atoms with E-state index in [4.69, 9.17) is 4.74 Å². The fourth-order valence-electron chi connectivity index (χ4n) is 4.23. The molecule has 0 radical (unpaired) electrons. The molecule has 0 spiro atoms. The monoisotopic (exact) mass is 489 g/mol. The predicted molar refractivity (Wildman–Crippen MR) is 135 cm³/mol. The normalized spacial score (nSPS) is 16.9. The Morgan fingerprint density at radius 1 is 1.11 bits per heavy atom. The molecule has 4 rings (SSSR count). The third-order valence-corrected chi connectivity index (χ3v) is 6.67. The lowest BCUT2D eigenvalue weighted by Crippen LogP contribution is -2.62. The zero-order valence-corrected chi connectivity index (χ0v) is 21.0. The smallest absolute Gasteiger partial charge is 0.272 e. The van der Waals surface area contributed by atoms with Gasteiger partial charge in [0, 0.05) is 26.2 Å². The van der Waals surface area contributed by atoms with Crippen LogP contribution in [0.4, 0.5) is 0 Å². The number of para-hydroxylation sites is 1. The number of aromatic nitrogens is 2. The SMILES string of the molecule is COc1ccccc1CCNC(=O)c1cc2n(n1)CC(C)(C(=O)NCc1ccc(C)cc1)N(C)C2=O. The average molecular weight is 490 g/mol. The molecule has 0 fully saturated rings. The molecule has 0 saturated carbocycles. The summed E-state index contributed by atoms with van der Waals surface area (Å²) in [5.74, 6) is -0.275. The van der Waals surface area contributed by atoms with Crippen LogP contribution in [0.25, 0.3) is 0 Å². The summed E-state index contributed by atoms with van der Waals surface area (Å²) in [5.41, 5.74) is 2.34. The van der Waals surface area contributed by atoms with Crippen molar-refractivity contribution in [1.29, 1.82) is 0 Å². The Morgan fingerprint density at radius 3 is 2.56 bits per heavy atom. The summed E-state index contributed by atoms with van der Waals surface area (Å²) < 4.78 is 6.79. The maximum absolute atomic E-state index is 13.2. The van der Waals surface area contributed by atoms with Crippen LogP contribution in [0.5, 0.6) is 5.75 Å². The van der Waals surface area contributed by atoms with Crippen LogP contribution in [0.2, 0.25) is 0 Å². The lowest BCUT2D eigenvalue weighted by Gasteiger charge is -2.40. The van der Waals surface area contributed by atoms with Gasteiger partial charge in [-0.25, -0.2) is 0 Å². The molecule has 1 aliphatic heterocycles. The number of carbonyl (C=O) groups is 3. The highest BCUT2D eigenvalue weighted by atomic mass is 16.5. The van der Waals surface area contributed by atoms with E-state index in [-0.39, 0.29) is 35.7 Å². The van der Waals surface area contributed by atoms with Crippen LogP contribution in [0.1, 0.15) is 44.6 Å². The number of nitrogens with one attached hydrogen (secondary N) is 2. The Balaban J connectivity index is 1.42. The summed E-state index contributed by atoms with van der Waals surface area (Å²) >= 11 is 0. The number of hydrogen-bond donors (Lipinski definition) is 2. The van der Waals surface area contributed by atoms with Crippen molar-refractivity contribution in [2.75, 3.05) is 20.7 Å². The van der Waals surface area contributed by atoms with E-state index in [0.29, 0.717) is 19.5 Å². The first-order chi connectivity index (χ1) is 17.2. The Bertz CT molecular complexity index is 1280. The molecule has 188 valence electrons. The molecule has 3 aromatic rings. The standard InChI is InChI=1S/C27H31N5O4/c1-18-9-11-19(12-10-18)16-29-26(35)27(2)17-32-22(25(34)31(27)3)15-21(30-32)24(33)28-14-13-20-7-5-6-8-23(20)36-4/h5-12,15H,13-14,16-17H2,1-4H3,(H,28,33)(H,29,35). The Hall–Kier alpha value is -4.14. The average Bonchev–Trinajstić information content (AvgIpc) is 3.31. The highest BCUT2D eigenvalue weighted by Gasteiger charge is 2.46. The predicted octanol–water partition coefficient (Wildman–Crippen LogP) is 2.33. The number of methoxy groups -OCH3 is 1. The largest absolute Gasteiger partial charge is 0.496 e. The van der Waals surface area contributed by atoms with Crippen molar-refractivity contribution in [1.82, 2.24) is 25.3 Å². The molecule has 1 aromatic heterocycles. The lowest BCUT2D eigenvalue weighted by atomic mass is 9.95. The highest BCUT2D eigenvalue weighted by Crippen LogP contribution is 2.26. The number of fused-ring (bicyclic) bond motifs is 1. The second-order valence-electron chi connectivity index (χ2n) is 9.20. The van der Waals surface area contributed by atoms with Gasteiger partial charge in [-0.2, -0.15) is 5.10 Å². The van der Waals surface area contributed by atoms with Gasteiger partial charge in [0.2, 0.25) is 5.91 Å². The van der Waals surface area contributed by atoms with Crippen LogP contribution in [0.15, 0.2) is 54.6 Å². The highest BCUT2D eigenvalue weighted by molar-refractivity contribution is 6.01. The second kappa shape index (κ2) is 10.2. The van der Waals surface area contributed by atoms with Crippen LogP contribution in [0.3, 0.4) is 0 Å². The summed E-state index contributed by atoms with van der Waals surface area (Å²) in [7, 11) is 3.20. The van der Waals surface area contributed by atoms with Crippen molar-refractivity contribution in [3.8, 4) is 5.75 Å². The van der Waals surface area contributed by atoms with E-state index in [0.717, 1.165) is 22.4 Å². The number of benzene rings is 2. The molecule has 9 nitrogen and oxygen atoms in total. The molecule has 1 atom stereocenters. The molecule has 0 aliphatic carbocycles. The van der Waals surface area contributed by atoms with E-state index >= 15 is 0 Å². The summed E-state index contributed by atoms with van der Waals surface area (Å²) in [5, 5.41) is 10.1. The van der Waals surface area contributed by atoms with Crippen LogP contribution in [0, 0.1) is 6.92 Å². The minimum absolute atomic E-state index is 0.135. The molecule has 0 bridgehead atoms. The first-order valence-corrected chi connectivity index (χ1v) is 11.8. The summed E-state index contributed by atoms with van der Waals surface area (Å²) in [6.07, 6.45) is 0.588. The quantitative estimate of drug-likeness (QED) is 0.505. The first-order valence-electron chi connectivity index (χ1n) is 11.8. The molecule has 9 heteroatoms. The molecule has 2 aromatic carbocycles. The van der Waals surface area contributed by atoms with Crippen LogP contribution >= 0.6 is 0 Å². The summed E-state index contributed by atoms with van der Waals surface area (Å²) in [6.45, 7) is 4.57. The fraction of sp³-hybridized carbons (Fsp3) is 0.333. The van der Waals surface area contributed by atoms with Crippen LogP contribution in [-0.4, -0.2) is 58.6 Å². The van der Waals surface area contributed by atoms with E-state index in [1.807, 2.05) is 55.5 Å². The second-order valence-corrected chi connectivity index (χ2v) is 9.20. The van der Waals surface area contributed by atoms with Gasteiger partial charge in [-0.1, -0.05) is 48.0 Å². The lowest BCUT2D eigenvalue weighted by molar-refractivity contribution is -0.132. The maximum Gasteiger partial charge on any atom is 0.272 e. The number of nitrogens with zero attached hydrogens (tertiary/aromatic N) is 3. The van der Waals surface area contributed by atoms with Crippen molar-refractivity contribution in [2.45, 2.75) is 38.9 Å². The van der Waals surface area contributed by atoms with E-state index < -0.39 is 5.54 Å². The third-order valence-electron chi connectivity index (χ3n) is 6.67. The minimum atomic E-state index is -1.15. The van der Waals surface area contributed by atoms with Crippen molar-refractivity contribution < 1.29 is 19.1 Å². The van der Waals surface area contributed by atoms with Gasteiger partial charge in [0.15, 0.2) is 5.69 Å². The van der Waals surface area contributed by atoms with E-state index in [1.165, 1.54) is 15.6 Å².